The number of hydrogen-bond donors (Lipinski definition) is 1. The van der Waals surface area contributed by atoms with Gasteiger partial charge < -0.3 is 19.7 Å². The molecule has 0 aliphatic rings. The third kappa shape index (κ3) is 8.17. The van der Waals surface area contributed by atoms with Gasteiger partial charge in [0.15, 0.2) is 0 Å². The molecule has 2 amide bonds. The van der Waals surface area contributed by atoms with Crippen LogP contribution in [0, 0.1) is 0 Å². The van der Waals surface area contributed by atoms with E-state index in [2.05, 4.69) is 5.32 Å². The molecule has 9 nitrogen and oxygen atoms in total. The lowest BCUT2D eigenvalue weighted by Crippen LogP contribution is -2.51. The number of unbranched alkanes of at least 4 members (excludes halogenated alkanes) is 1. The number of carbonyl (C=O) groups is 2. The fraction of sp³-hybridized carbons (Fsp3) is 0.440. The van der Waals surface area contributed by atoms with E-state index in [1.54, 1.807) is 56.5 Å². The van der Waals surface area contributed by atoms with Crippen LogP contribution < -0.4 is 19.1 Å². The van der Waals surface area contributed by atoms with Crippen molar-refractivity contribution in [1.82, 2.24) is 10.2 Å². The summed E-state index contributed by atoms with van der Waals surface area (Å²) in [6.45, 7) is 3.81. The number of hydrogen-bond acceptors (Lipinski definition) is 6. The number of sulfonamides is 1. The predicted octanol–water partition coefficient (Wildman–Crippen LogP) is 2.80. The van der Waals surface area contributed by atoms with Crippen molar-refractivity contribution in [3.05, 3.63) is 54.1 Å². The first-order valence-electron chi connectivity index (χ1n) is 11.4. The number of ether oxygens (including phenoxy) is 2. The van der Waals surface area contributed by atoms with Crippen molar-refractivity contribution in [2.75, 3.05) is 37.9 Å². The Balaban J connectivity index is 2.35. The third-order valence-corrected chi connectivity index (χ3v) is 6.66. The molecule has 0 aromatic heterocycles. The lowest BCUT2D eigenvalue weighted by Gasteiger charge is -2.31. The number of carbonyl (C=O) groups excluding carboxylic acids is 2. The van der Waals surface area contributed by atoms with Crippen LogP contribution >= 0.6 is 0 Å². The van der Waals surface area contributed by atoms with Gasteiger partial charge in [0.2, 0.25) is 21.8 Å². The van der Waals surface area contributed by atoms with E-state index in [4.69, 9.17) is 9.47 Å². The molecule has 0 spiro atoms. The Morgan fingerprint density at radius 3 is 2.26 bits per heavy atom. The first-order valence-corrected chi connectivity index (χ1v) is 13.3. The quantitative estimate of drug-likeness (QED) is 0.420. The number of benzene rings is 2. The fourth-order valence-electron chi connectivity index (χ4n) is 3.45. The molecule has 0 heterocycles. The molecule has 1 atom stereocenters. The fourth-order valence-corrected chi connectivity index (χ4v) is 4.30. The monoisotopic (exact) mass is 505 g/mol. The Morgan fingerprint density at radius 2 is 1.69 bits per heavy atom. The van der Waals surface area contributed by atoms with Crippen LogP contribution in [0.15, 0.2) is 48.5 Å². The van der Waals surface area contributed by atoms with E-state index in [0.717, 1.165) is 29.0 Å². The van der Waals surface area contributed by atoms with Crippen LogP contribution in [0.5, 0.6) is 11.5 Å². The highest BCUT2D eigenvalue weighted by atomic mass is 32.2. The van der Waals surface area contributed by atoms with Crippen molar-refractivity contribution in [2.24, 2.45) is 0 Å². The number of nitrogens with zero attached hydrogens (tertiary/aromatic N) is 2. The Kier molecular flexibility index (Phi) is 10.4. The molecule has 0 fully saturated rings. The average molecular weight is 506 g/mol. The zero-order valence-electron chi connectivity index (χ0n) is 21.0. The Labute approximate surface area is 208 Å². The summed E-state index contributed by atoms with van der Waals surface area (Å²) in [5.74, 6) is 0.369. The van der Waals surface area contributed by atoms with Crippen LogP contribution in [0.1, 0.15) is 32.3 Å². The van der Waals surface area contributed by atoms with Crippen molar-refractivity contribution in [3.63, 3.8) is 0 Å². The molecule has 2 aromatic rings. The molecular weight excluding hydrogens is 470 g/mol. The van der Waals surface area contributed by atoms with Crippen LogP contribution in [0.3, 0.4) is 0 Å². The summed E-state index contributed by atoms with van der Waals surface area (Å²) in [5.41, 5.74) is 1.07. The SMILES string of the molecule is CCCCNC(=O)[C@H](C)N(Cc1cccc(OC)c1)C(=O)CN(c1ccc(OC)cc1)S(C)(=O)=O. The van der Waals surface area contributed by atoms with Crippen LogP contribution in [-0.2, 0) is 26.2 Å². The van der Waals surface area contributed by atoms with Gasteiger partial charge >= 0.3 is 0 Å². The van der Waals surface area contributed by atoms with Crippen molar-refractivity contribution in [1.29, 1.82) is 0 Å². The smallest absolute Gasteiger partial charge is 0.244 e. The summed E-state index contributed by atoms with van der Waals surface area (Å²) in [4.78, 5) is 27.7. The van der Waals surface area contributed by atoms with Crippen LogP contribution in [-0.4, -0.2) is 64.7 Å². The molecule has 0 aliphatic heterocycles. The molecule has 0 aliphatic carbocycles. The highest BCUT2D eigenvalue weighted by Crippen LogP contribution is 2.22. The molecular formula is C25H35N3O6S. The van der Waals surface area contributed by atoms with Crippen LogP contribution in [0.25, 0.3) is 0 Å². The average Bonchev–Trinajstić information content (AvgIpc) is 2.84. The van der Waals surface area contributed by atoms with Gasteiger partial charge in [-0.25, -0.2) is 8.42 Å². The van der Waals surface area contributed by atoms with Gasteiger partial charge in [-0.3, -0.25) is 13.9 Å². The largest absolute Gasteiger partial charge is 0.497 e. The third-order valence-electron chi connectivity index (χ3n) is 5.52. The van der Waals surface area contributed by atoms with Gasteiger partial charge in [-0.05, 0) is 55.3 Å². The van der Waals surface area contributed by atoms with Gasteiger partial charge in [-0.2, -0.15) is 0 Å². The first kappa shape index (κ1) is 28.0. The zero-order valence-corrected chi connectivity index (χ0v) is 21.8. The summed E-state index contributed by atoms with van der Waals surface area (Å²) in [6.07, 6.45) is 2.78. The second-order valence-corrected chi connectivity index (χ2v) is 10.1. The maximum absolute atomic E-state index is 13.5. The number of anilines is 1. The van der Waals surface area contributed by atoms with E-state index in [-0.39, 0.29) is 12.5 Å². The summed E-state index contributed by atoms with van der Waals surface area (Å²) in [6, 6.07) is 12.7. The van der Waals surface area contributed by atoms with Gasteiger partial charge in [0, 0.05) is 13.1 Å². The lowest BCUT2D eigenvalue weighted by atomic mass is 10.1. The zero-order chi connectivity index (χ0) is 26.0. The number of methoxy groups -OCH3 is 2. The predicted molar refractivity (Wildman–Crippen MR) is 136 cm³/mol. The molecule has 2 rings (SSSR count). The Bertz CT molecular complexity index is 1090. The van der Waals surface area contributed by atoms with E-state index in [1.165, 1.54) is 12.0 Å². The molecule has 10 heteroatoms. The minimum atomic E-state index is -3.79. The van der Waals surface area contributed by atoms with Gasteiger partial charge in [0.1, 0.15) is 24.1 Å². The molecule has 0 bridgehead atoms. The highest BCUT2D eigenvalue weighted by molar-refractivity contribution is 7.92. The summed E-state index contributed by atoms with van der Waals surface area (Å²) in [7, 11) is -0.732. The highest BCUT2D eigenvalue weighted by Gasteiger charge is 2.30. The molecule has 2 aromatic carbocycles. The van der Waals surface area contributed by atoms with Crippen molar-refractivity contribution >= 4 is 27.5 Å². The van der Waals surface area contributed by atoms with Gasteiger partial charge in [-0.1, -0.05) is 25.5 Å². The minimum absolute atomic E-state index is 0.110. The van der Waals surface area contributed by atoms with E-state index >= 15 is 0 Å². The molecule has 0 saturated heterocycles. The lowest BCUT2D eigenvalue weighted by molar-refractivity contribution is -0.139. The van der Waals surface area contributed by atoms with Gasteiger partial charge in [0.25, 0.3) is 0 Å². The molecule has 1 N–H and O–H groups in total. The summed E-state index contributed by atoms with van der Waals surface area (Å²) < 4.78 is 36.6. The van der Waals surface area contributed by atoms with Crippen LogP contribution in [0.2, 0.25) is 0 Å². The van der Waals surface area contributed by atoms with E-state index in [0.29, 0.717) is 23.7 Å². The molecule has 0 unspecified atom stereocenters. The number of amides is 2. The molecule has 35 heavy (non-hydrogen) atoms. The normalized spacial score (nSPS) is 11.9. The topological polar surface area (TPSA) is 105 Å². The number of rotatable bonds is 13. The van der Waals surface area contributed by atoms with E-state index in [9.17, 15) is 18.0 Å². The van der Waals surface area contributed by atoms with Crippen molar-refractivity contribution in [2.45, 2.75) is 39.3 Å². The Morgan fingerprint density at radius 1 is 1.03 bits per heavy atom. The maximum atomic E-state index is 13.5. The number of nitrogens with one attached hydrogen (secondary N) is 1. The van der Waals surface area contributed by atoms with Crippen molar-refractivity contribution in [3.8, 4) is 11.5 Å². The standard InChI is InChI=1S/C25H35N3O6S/c1-6-7-15-26-25(30)19(2)27(17-20-9-8-10-23(16-20)34-4)24(29)18-28(35(5,31)32)21-11-13-22(33-3)14-12-21/h8-14,16,19H,6-7,15,17-18H2,1-5H3,(H,26,30)/t19-/m0/s1. The Hall–Kier alpha value is -3.27. The van der Waals surface area contributed by atoms with E-state index in [1.807, 2.05) is 13.0 Å². The maximum Gasteiger partial charge on any atom is 0.244 e. The second-order valence-electron chi connectivity index (χ2n) is 8.16. The minimum Gasteiger partial charge on any atom is -0.497 e. The molecule has 192 valence electrons. The van der Waals surface area contributed by atoms with Gasteiger partial charge in [-0.15, -0.1) is 0 Å². The first-order chi connectivity index (χ1) is 16.6. The van der Waals surface area contributed by atoms with E-state index < -0.39 is 28.5 Å². The second kappa shape index (κ2) is 13.0. The van der Waals surface area contributed by atoms with Crippen LogP contribution in [0.4, 0.5) is 5.69 Å². The summed E-state index contributed by atoms with van der Waals surface area (Å²) in [5, 5.41) is 2.85. The molecule has 0 saturated carbocycles. The molecule has 0 radical (unpaired) electrons. The van der Waals surface area contributed by atoms with Crippen molar-refractivity contribution < 1.29 is 27.5 Å². The summed E-state index contributed by atoms with van der Waals surface area (Å²) >= 11 is 0. The van der Waals surface area contributed by atoms with Gasteiger partial charge in [0.05, 0.1) is 26.2 Å².